The maximum absolute atomic E-state index is 13.6. The molecule has 1 spiro atoms. The SMILES string of the molecule is CCCN=C1N(CCC)C(=O)C2=CC(=O)[C@@H](OCCC)[C@@H](OCCC)[C@@]23CC(=O)ON13. The Kier molecular flexibility index (Phi) is 7.48. The van der Waals surface area contributed by atoms with Crippen LogP contribution in [0.3, 0.4) is 0 Å². The van der Waals surface area contributed by atoms with Crippen molar-refractivity contribution in [2.45, 2.75) is 77.5 Å². The molecular formula is C22H33N3O6. The molecule has 172 valence electrons. The summed E-state index contributed by atoms with van der Waals surface area (Å²) in [7, 11) is 0. The van der Waals surface area contributed by atoms with Crippen molar-refractivity contribution in [1.29, 1.82) is 0 Å². The van der Waals surface area contributed by atoms with Crippen molar-refractivity contribution in [2.24, 2.45) is 4.99 Å². The zero-order valence-electron chi connectivity index (χ0n) is 18.9. The van der Waals surface area contributed by atoms with Crippen molar-refractivity contribution in [3.63, 3.8) is 0 Å². The van der Waals surface area contributed by atoms with Crippen molar-refractivity contribution in [3.05, 3.63) is 11.6 Å². The van der Waals surface area contributed by atoms with E-state index in [4.69, 9.17) is 14.3 Å². The van der Waals surface area contributed by atoms with E-state index in [9.17, 15) is 14.4 Å². The van der Waals surface area contributed by atoms with Gasteiger partial charge in [-0.3, -0.25) is 19.5 Å². The van der Waals surface area contributed by atoms with E-state index in [1.165, 1.54) is 16.0 Å². The third kappa shape index (κ3) is 4.01. The molecule has 0 saturated carbocycles. The zero-order chi connectivity index (χ0) is 22.6. The minimum absolute atomic E-state index is 0.108. The number of hydroxylamine groups is 2. The van der Waals surface area contributed by atoms with E-state index in [2.05, 4.69) is 4.99 Å². The monoisotopic (exact) mass is 435 g/mol. The van der Waals surface area contributed by atoms with E-state index in [0.717, 1.165) is 12.8 Å². The number of aliphatic imine (C=N–C) groups is 1. The Morgan fingerprint density at radius 1 is 1.06 bits per heavy atom. The van der Waals surface area contributed by atoms with E-state index in [-0.39, 0.29) is 23.7 Å². The normalized spacial score (nSPS) is 29.2. The maximum Gasteiger partial charge on any atom is 0.335 e. The summed E-state index contributed by atoms with van der Waals surface area (Å²) in [4.78, 5) is 51.0. The van der Waals surface area contributed by atoms with Crippen LogP contribution in [0.5, 0.6) is 0 Å². The van der Waals surface area contributed by atoms with Crippen LogP contribution in [0.2, 0.25) is 0 Å². The van der Waals surface area contributed by atoms with Crippen LogP contribution in [0.15, 0.2) is 16.6 Å². The average molecular weight is 436 g/mol. The number of ether oxygens (including phenoxy) is 2. The van der Waals surface area contributed by atoms with Gasteiger partial charge in [0.1, 0.15) is 12.2 Å². The summed E-state index contributed by atoms with van der Waals surface area (Å²) >= 11 is 0. The molecule has 3 aliphatic rings. The second-order valence-electron chi connectivity index (χ2n) is 8.04. The average Bonchev–Trinajstić information content (AvgIpc) is 3.09. The van der Waals surface area contributed by atoms with Gasteiger partial charge in [0.05, 0.1) is 12.0 Å². The lowest BCUT2D eigenvalue weighted by molar-refractivity contribution is -0.194. The number of carbonyl (C=O) groups excluding carboxylic acids is 3. The second-order valence-corrected chi connectivity index (χ2v) is 8.04. The predicted molar refractivity (Wildman–Crippen MR) is 113 cm³/mol. The van der Waals surface area contributed by atoms with Crippen molar-refractivity contribution >= 4 is 23.6 Å². The molecule has 0 unspecified atom stereocenters. The van der Waals surface area contributed by atoms with Crippen LogP contribution < -0.4 is 0 Å². The first-order valence-corrected chi connectivity index (χ1v) is 11.3. The fraction of sp³-hybridized carbons (Fsp3) is 0.727. The molecule has 9 nitrogen and oxygen atoms in total. The quantitative estimate of drug-likeness (QED) is 0.518. The molecule has 31 heavy (non-hydrogen) atoms. The number of carbonyl (C=O) groups is 3. The van der Waals surface area contributed by atoms with E-state index < -0.39 is 23.7 Å². The predicted octanol–water partition coefficient (Wildman–Crippen LogP) is 2.01. The first-order valence-electron chi connectivity index (χ1n) is 11.3. The summed E-state index contributed by atoms with van der Waals surface area (Å²) in [5.74, 6) is -0.854. The highest BCUT2D eigenvalue weighted by atomic mass is 16.7. The third-order valence-electron chi connectivity index (χ3n) is 5.57. The molecule has 2 fully saturated rings. The molecule has 2 heterocycles. The van der Waals surface area contributed by atoms with E-state index in [1.54, 1.807) is 0 Å². The van der Waals surface area contributed by atoms with Gasteiger partial charge >= 0.3 is 5.97 Å². The van der Waals surface area contributed by atoms with E-state index >= 15 is 0 Å². The van der Waals surface area contributed by atoms with Crippen molar-refractivity contribution < 1.29 is 28.7 Å². The summed E-state index contributed by atoms with van der Waals surface area (Å²) in [6, 6.07) is 0. The van der Waals surface area contributed by atoms with Crippen LogP contribution in [0.25, 0.3) is 0 Å². The molecule has 3 rings (SSSR count). The van der Waals surface area contributed by atoms with Crippen LogP contribution in [0, 0.1) is 0 Å². The van der Waals surface area contributed by atoms with Gasteiger partial charge in [-0.1, -0.05) is 27.7 Å². The fourth-order valence-electron chi connectivity index (χ4n) is 4.31. The number of hydrogen-bond donors (Lipinski definition) is 0. The lowest BCUT2D eigenvalue weighted by atomic mass is 9.72. The van der Waals surface area contributed by atoms with Crippen molar-refractivity contribution in [3.8, 4) is 0 Å². The Morgan fingerprint density at radius 3 is 2.42 bits per heavy atom. The van der Waals surface area contributed by atoms with Gasteiger partial charge in [0.2, 0.25) is 5.96 Å². The van der Waals surface area contributed by atoms with E-state index in [0.29, 0.717) is 45.1 Å². The smallest absolute Gasteiger partial charge is 0.335 e. The minimum Gasteiger partial charge on any atom is -0.372 e. The highest BCUT2D eigenvalue weighted by Crippen LogP contribution is 2.47. The van der Waals surface area contributed by atoms with Crippen LogP contribution in [0.1, 0.15) is 59.8 Å². The van der Waals surface area contributed by atoms with Gasteiger partial charge in [0, 0.05) is 26.3 Å². The molecule has 1 aliphatic carbocycles. The molecule has 0 N–H and O–H groups in total. The molecular weight excluding hydrogens is 402 g/mol. The lowest BCUT2D eigenvalue weighted by Gasteiger charge is -2.51. The van der Waals surface area contributed by atoms with Gasteiger partial charge in [-0.15, -0.1) is 0 Å². The Balaban J connectivity index is 2.19. The van der Waals surface area contributed by atoms with Crippen LogP contribution in [0.4, 0.5) is 0 Å². The summed E-state index contributed by atoms with van der Waals surface area (Å²) in [5, 5.41) is 1.42. The summed E-state index contributed by atoms with van der Waals surface area (Å²) in [6.07, 6.45) is 2.31. The van der Waals surface area contributed by atoms with Crippen LogP contribution >= 0.6 is 0 Å². The molecule has 0 aromatic rings. The Morgan fingerprint density at radius 2 is 1.77 bits per heavy atom. The molecule has 2 saturated heterocycles. The highest BCUT2D eigenvalue weighted by molar-refractivity contribution is 6.16. The van der Waals surface area contributed by atoms with Gasteiger partial charge in [-0.05, 0) is 31.8 Å². The second kappa shape index (κ2) is 9.91. The number of amides is 1. The van der Waals surface area contributed by atoms with Gasteiger partial charge in [0.25, 0.3) is 5.91 Å². The third-order valence-corrected chi connectivity index (χ3v) is 5.57. The Bertz CT molecular complexity index is 779. The topological polar surface area (TPSA) is 97.7 Å². The first-order chi connectivity index (χ1) is 15.0. The number of nitrogens with zero attached hydrogens (tertiary/aromatic N) is 3. The summed E-state index contributed by atoms with van der Waals surface area (Å²) < 4.78 is 12.0. The molecule has 9 heteroatoms. The molecule has 2 aliphatic heterocycles. The highest BCUT2D eigenvalue weighted by Gasteiger charge is 2.68. The van der Waals surface area contributed by atoms with Gasteiger partial charge in [-0.2, -0.15) is 5.06 Å². The van der Waals surface area contributed by atoms with Crippen LogP contribution in [-0.4, -0.2) is 77.6 Å². The number of ketones is 1. The van der Waals surface area contributed by atoms with Crippen molar-refractivity contribution in [1.82, 2.24) is 9.96 Å². The van der Waals surface area contributed by atoms with E-state index in [1.807, 2.05) is 27.7 Å². The summed E-state index contributed by atoms with van der Waals surface area (Å²) in [6.45, 7) is 9.43. The first kappa shape index (κ1) is 23.4. The molecule has 0 aromatic heterocycles. The molecule has 0 radical (unpaired) electrons. The van der Waals surface area contributed by atoms with Crippen LogP contribution in [-0.2, 0) is 28.7 Å². The molecule has 0 bridgehead atoms. The molecule has 3 atom stereocenters. The lowest BCUT2D eigenvalue weighted by Crippen LogP contribution is -2.72. The largest absolute Gasteiger partial charge is 0.372 e. The number of hydrogen-bond acceptors (Lipinski definition) is 7. The van der Waals surface area contributed by atoms with Gasteiger partial charge in [-0.25, -0.2) is 4.79 Å². The fourth-order valence-corrected chi connectivity index (χ4v) is 4.31. The standard InChI is InChI=1S/C22H33N3O6/c1-5-9-23-21-24(10-6-2)20(28)15-13-16(26)18(29-11-7-3)19(30-12-8-4)22(15)14-17(27)31-25(21)22/h13,18-19H,5-12,14H2,1-4H3/t18-,19-,22-/m1/s1. The molecule has 1 amide bonds. The Hall–Kier alpha value is -2.26. The molecule has 0 aromatic carbocycles. The number of guanidine groups is 1. The minimum atomic E-state index is -1.27. The Labute approximate surface area is 183 Å². The van der Waals surface area contributed by atoms with Gasteiger partial charge < -0.3 is 14.3 Å². The number of rotatable bonds is 10. The maximum atomic E-state index is 13.6. The van der Waals surface area contributed by atoms with Gasteiger partial charge in [0.15, 0.2) is 11.3 Å². The zero-order valence-corrected chi connectivity index (χ0v) is 18.9. The van der Waals surface area contributed by atoms with Crippen molar-refractivity contribution in [2.75, 3.05) is 26.3 Å². The summed E-state index contributed by atoms with van der Waals surface area (Å²) in [5.41, 5.74) is -1.06.